The number of carbonyl (C=O) groups excluding carboxylic acids is 3. The van der Waals surface area contributed by atoms with Crippen molar-refractivity contribution in [2.75, 3.05) is 5.32 Å². The van der Waals surface area contributed by atoms with E-state index in [2.05, 4.69) is 30.4 Å². The van der Waals surface area contributed by atoms with Gasteiger partial charge in [-0.25, -0.2) is 4.79 Å². The van der Waals surface area contributed by atoms with E-state index in [0.29, 0.717) is 40.6 Å². The molecular weight excluding hydrogens is 562 g/mol. The summed E-state index contributed by atoms with van der Waals surface area (Å²) in [4.78, 5) is 43.4. The summed E-state index contributed by atoms with van der Waals surface area (Å²) in [6, 6.07) is 10.1. The quantitative estimate of drug-likeness (QED) is 0.239. The van der Waals surface area contributed by atoms with Crippen molar-refractivity contribution in [3.63, 3.8) is 0 Å². The molecule has 0 fully saturated rings. The number of para-hydroxylation sites is 1. The molecule has 0 saturated heterocycles. The monoisotopic (exact) mass is 609 g/mol. The first-order chi connectivity index (χ1) is 20.0. The second-order valence-electron chi connectivity index (χ2n) is 13.0. The maximum Gasteiger partial charge on any atom is 0.408 e. The molecule has 0 aliphatic heterocycles. The van der Waals surface area contributed by atoms with Crippen LogP contribution in [0.15, 0.2) is 42.5 Å². The van der Waals surface area contributed by atoms with E-state index in [-0.39, 0.29) is 17.9 Å². The van der Waals surface area contributed by atoms with Crippen LogP contribution in [0.1, 0.15) is 97.4 Å². The van der Waals surface area contributed by atoms with E-state index in [1.165, 1.54) is 0 Å². The number of carbonyl (C=O) groups is 3. The smallest absolute Gasteiger partial charge is 0.408 e. The van der Waals surface area contributed by atoms with Gasteiger partial charge in [-0.1, -0.05) is 69.5 Å². The van der Waals surface area contributed by atoms with Crippen molar-refractivity contribution in [1.29, 1.82) is 0 Å². The van der Waals surface area contributed by atoms with Gasteiger partial charge in [0, 0.05) is 11.6 Å². The predicted octanol–water partition coefficient (Wildman–Crippen LogP) is 7.90. The molecule has 0 aromatic heterocycles. The summed E-state index contributed by atoms with van der Waals surface area (Å²) in [5.41, 5.74) is 1.77. The minimum atomic E-state index is -1.03. The molecule has 0 radical (unpaired) electrons. The van der Waals surface area contributed by atoms with Crippen LogP contribution in [0.5, 0.6) is 0 Å². The Labute approximate surface area is 263 Å². The fourth-order valence-corrected chi connectivity index (χ4v) is 5.09. The number of nitrogens with zero attached hydrogens (tertiary/aromatic N) is 1. The molecule has 43 heavy (non-hydrogen) atoms. The lowest BCUT2D eigenvalue weighted by molar-refractivity contribution is -0.144. The summed E-state index contributed by atoms with van der Waals surface area (Å²) in [6.45, 7) is 17.3. The van der Waals surface area contributed by atoms with E-state index in [1.807, 2.05) is 39.8 Å². The van der Waals surface area contributed by atoms with Gasteiger partial charge in [-0.2, -0.15) is 0 Å². The second kappa shape index (κ2) is 15.8. The summed E-state index contributed by atoms with van der Waals surface area (Å²) < 4.78 is 5.51. The Bertz CT molecular complexity index is 1270. The van der Waals surface area contributed by atoms with Crippen LogP contribution < -0.4 is 10.6 Å². The zero-order valence-electron chi connectivity index (χ0n) is 27.1. The number of rotatable bonds is 12. The van der Waals surface area contributed by atoms with Gasteiger partial charge in [-0.3, -0.25) is 9.59 Å². The summed E-state index contributed by atoms with van der Waals surface area (Å²) in [5.74, 6) is 2.28. The number of alkyl carbamates (subject to hydrolysis) is 1. The van der Waals surface area contributed by atoms with Crippen LogP contribution in [0.4, 0.5) is 10.5 Å². The van der Waals surface area contributed by atoms with Crippen LogP contribution >= 0.6 is 11.6 Å². The number of hydrogen-bond acceptors (Lipinski definition) is 4. The minimum absolute atomic E-state index is 0.0738. The van der Waals surface area contributed by atoms with Gasteiger partial charge in [0.25, 0.3) is 5.91 Å². The predicted molar refractivity (Wildman–Crippen MR) is 175 cm³/mol. The molecule has 7 nitrogen and oxygen atoms in total. The minimum Gasteiger partial charge on any atom is -0.444 e. The molecule has 2 rings (SSSR count). The normalized spacial score (nSPS) is 13.6. The van der Waals surface area contributed by atoms with Crippen molar-refractivity contribution in [3.05, 3.63) is 64.2 Å². The van der Waals surface area contributed by atoms with Crippen molar-refractivity contribution < 1.29 is 19.1 Å². The molecule has 2 aromatic carbocycles. The highest BCUT2D eigenvalue weighted by atomic mass is 35.5. The topological polar surface area (TPSA) is 87.7 Å². The van der Waals surface area contributed by atoms with Gasteiger partial charge in [-0.05, 0) is 95.0 Å². The van der Waals surface area contributed by atoms with Crippen LogP contribution in [-0.2, 0) is 14.3 Å². The van der Waals surface area contributed by atoms with Gasteiger partial charge in [0.05, 0.1) is 10.7 Å². The van der Waals surface area contributed by atoms with E-state index in [1.54, 1.807) is 56.0 Å². The number of ether oxygens (including phenoxy) is 1. The van der Waals surface area contributed by atoms with E-state index in [9.17, 15) is 14.4 Å². The molecule has 3 atom stereocenters. The third kappa shape index (κ3) is 10.9. The lowest BCUT2D eigenvalue weighted by atomic mass is 9.95. The van der Waals surface area contributed by atoms with Gasteiger partial charge in [0.1, 0.15) is 17.7 Å². The van der Waals surface area contributed by atoms with Crippen LogP contribution in [-0.4, -0.2) is 40.5 Å². The molecule has 0 aliphatic carbocycles. The average molecular weight is 610 g/mol. The number of benzene rings is 2. The first-order valence-corrected chi connectivity index (χ1v) is 15.4. The Morgan fingerprint density at radius 3 is 2.12 bits per heavy atom. The maximum absolute atomic E-state index is 14.6. The maximum atomic E-state index is 14.6. The highest BCUT2D eigenvalue weighted by Crippen LogP contribution is 2.32. The molecule has 0 aliphatic rings. The van der Waals surface area contributed by atoms with Gasteiger partial charge in [0.2, 0.25) is 5.91 Å². The van der Waals surface area contributed by atoms with Crippen molar-refractivity contribution in [2.24, 2.45) is 11.8 Å². The first kappa shape index (κ1) is 35.7. The molecule has 0 bridgehead atoms. The number of hydrogen-bond donors (Lipinski definition) is 2. The number of nitrogens with one attached hydrogen (secondary N) is 2. The number of aryl methyl sites for hydroxylation is 1. The second-order valence-corrected chi connectivity index (χ2v) is 13.4. The average Bonchev–Trinajstić information content (AvgIpc) is 2.90. The number of halogens is 1. The first-order valence-electron chi connectivity index (χ1n) is 15.0. The summed E-state index contributed by atoms with van der Waals surface area (Å²) >= 11 is 6.49. The molecule has 0 spiro atoms. The zero-order valence-corrected chi connectivity index (χ0v) is 27.8. The lowest BCUT2D eigenvalue weighted by Gasteiger charge is -2.39. The third-order valence-electron chi connectivity index (χ3n) is 6.98. The van der Waals surface area contributed by atoms with E-state index in [0.717, 1.165) is 12.0 Å². The van der Waals surface area contributed by atoms with Crippen LogP contribution in [0, 0.1) is 31.1 Å². The third-order valence-corrected chi connectivity index (χ3v) is 7.29. The lowest BCUT2D eigenvalue weighted by Crippen LogP contribution is -2.55. The molecule has 3 amide bonds. The van der Waals surface area contributed by atoms with Gasteiger partial charge in [-0.15, -0.1) is 6.42 Å². The van der Waals surface area contributed by atoms with Gasteiger partial charge < -0.3 is 20.3 Å². The molecule has 0 heterocycles. The molecule has 0 saturated carbocycles. The fraction of sp³-hybridized carbons (Fsp3) is 0.514. The van der Waals surface area contributed by atoms with Gasteiger partial charge in [0.15, 0.2) is 0 Å². The summed E-state index contributed by atoms with van der Waals surface area (Å²) in [5, 5.41) is 6.19. The van der Waals surface area contributed by atoms with E-state index >= 15 is 0 Å². The Morgan fingerprint density at radius 1 is 0.977 bits per heavy atom. The van der Waals surface area contributed by atoms with E-state index < -0.39 is 29.7 Å². The van der Waals surface area contributed by atoms with Gasteiger partial charge >= 0.3 is 6.09 Å². The van der Waals surface area contributed by atoms with Crippen molar-refractivity contribution in [3.8, 4) is 12.3 Å². The SMILES string of the molecule is C#Cc1ccc(C(C(=O)Nc2c(C)cccc2Cl)N(C(=O)C(CC(C)C)NC(=O)OC(C)(C)C)C(C)CCC(C)C)cc1. The largest absolute Gasteiger partial charge is 0.444 e. The van der Waals surface area contributed by atoms with Crippen molar-refractivity contribution in [2.45, 2.75) is 105 Å². The Kier molecular flexibility index (Phi) is 13.1. The Hall–Kier alpha value is -3.50. The molecule has 234 valence electrons. The number of amides is 3. The summed E-state index contributed by atoms with van der Waals surface area (Å²) in [7, 11) is 0. The van der Waals surface area contributed by atoms with Crippen LogP contribution in [0.3, 0.4) is 0 Å². The van der Waals surface area contributed by atoms with Crippen molar-refractivity contribution in [1.82, 2.24) is 10.2 Å². The van der Waals surface area contributed by atoms with Crippen molar-refractivity contribution >= 4 is 35.2 Å². The number of terminal acetylenes is 1. The number of anilines is 1. The molecule has 2 aromatic rings. The highest BCUT2D eigenvalue weighted by molar-refractivity contribution is 6.34. The molecule has 2 N–H and O–H groups in total. The standard InChI is InChI=1S/C35H48ClN3O4/c1-11-26-17-19-27(20-18-26)31(32(40)38-30-24(6)13-12-14-28(30)36)39(25(7)16-15-22(2)3)33(41)29(21-23(4)5)37-34(42)43-35(8,9)10/h1,12-14,17-20,22-23,25,29,31H,15-16,21H2,2-10H3,(H,37,42)(H,38,40). The summed E-state index contributed by atoms with van der Waals surface area (Å²) in [6.07, 6.45) is 6.78. The van der Waals surface area contributed by atoms with Crippen LogP contribution in [0.25, 0.3) is 0 Å². The zero-order chi connectivity index (χ0) is 32.5. The molecule has 8 heteroatoms. The highest BCUT2D eigenvalue weighted by Gasteiger charge is 2.39. The molecular formula is C35H48ClN3O4. The Balaban J connectivity index is 2.69. The molecule has 3 unspecified atom stereocenters. The van der Waals surface area contributed by atoms with Crippen LogP contribution in [0.2, 0.25) is 5.02 Å². The Morgan fingerprint density at radius 2 is 1.60 bits per heavy atom. The fourth-order valence-electron chi connectivity index (χ4n) is 4.82. The van der Waals surface area contributed by atoms with E-state index in [4.69, 9.17) is 22.8 Å².